The zero-order valence-electron chi connectivity index (χ0n) is 10.9. The van der Waals surface area contributed by atoms with Gasteiger partial charge in [0.1, 0.15) is 5.82 Å². The van der Waals surface area contributed by atoms with E-state index in [2.05, 4.69) is 5.32 Å². The van der Waals surface area contributed by atoms with Crippen LogP contribution in [0, 0.1) is 5.82 Å². The summed E-state index contributed by atoms with van der Waals surface area (Å²) in [6.07, 6.45) is 4.16. The van der Waals surface area contributed by atoms with E-state index in [1.54, 1.807) is 17.0 Å². The number of rotatable bonds is 2. The van der Waals surface area contributed by atoms with Crippen LogP contribution in [-0.2, 0) is 0 Å². The predicted octanol–water partition coefficient (Wildman–Crippen LogP) is 2.56. The third-order valence-corrected chi connectivity index (χ3v) is 3.49. The zero-order chi connectivity index (χ0) is 13.7. The zero-order valence-corrected chi connectivity index (χ0v) is 10.9. The van der Waals surface area contributed by atoms with Gasteiger partial charge in [0.15, 0.2) is 0 Å². The van der Waals surface area contributed by atoms with Crippen LogP contribution >= 0.6 is 0 Å². The van der Waals surface area contributed by atoms with Gasteiger partial charge >= 0.3 is 6.03 Å². The van der Waals surface area contributed by atoms with Crippen LogP contribution in [-0.4, -0.2) is 30.1 Å². The number of amides is 2. The first-order valence-electron chi connectivity index (χ1n) is 6.74. The first-order chi connectivity index (χ1) is 9.20. The van der Waals surface area contributed by atoms with Crippen molar-refractivity contribution in [3.8, 4) is 0 Å². The van der Waals surface area contributed by atoms with E-state index >= 15 is 0 Å². The van der Waals surface area contributed by atoms with Crippen LogP contribution in [0.15, 0.2) is 24.3 Å². The molecule has 0 spiro atoms. The van der Waals surface area contributed by atoms with Crippen LogP contribution in [0.25, 0.3) is 0 Å². The molecule has 1 atom stereocenters. The normalized spacial score (nSPS) is 19.9. The maximum Gasteiger partial charge on any atom is 0.322 e. The molecule has 1 fully saturated rings. The SMILES string of the molecule is NCC1CCCCCN1C(=O)Nc1cccc(F)c1. The highest BCUT2D eigenvalue weighted by Crippen LogP contribution is 2.18. The van der Waals surface area contributed by atoms with Crippen LogP contribution in [0.2, 0.25) is 0 Å². The summed E-state index contributed by atoms with van der Waals surface area (Å²) in [5.41, 5.74) is 6.21. The summed E-state index contributed by atoms with van der Waals surface area (Å²) < 4.78 is 13.1. The molecule has 1 aliphatic heterocycles. The molecule has 4 nitrogen and oxygen atoms in total. The highest BCUT2D eigenvalue weighted by Gasteiger charge is 2.24. The van der Waals surface area contributed by atoms with Crippen molar-refractivity contribution in [2.24, 2.45) is 5.73 Å². The van der Waals surface area contributed by atoms with Gasteiger partial charge in [-0.2, -0.15) is 0 Å². The van der Waals surface area contributed by atoms with Gasteiger partial charge in [-0.15, -0.1) is 0 Å². The van der Waals surface area contributed by atoms with Crippen molar-refractivity contribution >= 4 is 11.7 Å². The molecule has 1 aromatic rings. The third kappa shape index (κ3) is 3.67. The summed E-state index contributed by atoms with van der Waals surface area (Å²) in [5, 5.41) is 2.74. The minimum Gasteiger partial charge on any atom is -0.328 e. The lowest BCUT2D eigenvalue weighted by Gasteiger charge is -2.29. The fourth-order valence-corrected chi connectivity index (χ4v) is 2.45. The smallest absolute Gasteiger partial charge is 0.322 e. The first kappa shape index (κ1) is 13.8. The Hall–Kier alpha value is -1.62. The molecule has 2 amide bonds. The van der Waals surface area contributed by atoms with Crippen molar-refractivity contribution in [1.82, 2.24) is 4.90 Å². The van der Waals surface area contributed by atoms with Gasteiger partial charge in [0.05, 0.1) is 0 Å². The van der Waals surface area contributed by atoms with Gasteiger partial charge in [-0.3, -0.25) is 0 Å². The van der Waals surface area contributed by atoms with Crippen molar-refractivity contribution < 1.29 is 9.18 Å². The molecule has 0 aliphatic carbocycles. The van der Waals surface area contributed by atoms with Gasteiger partial charge < -0.3 is 16.0 Å². The quantitative estimate of drug-likeness (QED) is 0.863. The number of carbonyl (C=O) groups excluding carboxylic acids is 1. The van der Waals surface area contributed by atoms with E-state index in [-0.39, 0.29) is 17.9 Å². The molecular formula is C14H20FN3O. The number of likely N-dealkylation sites (tertiary alicyclic amines) is 1. The molecule has 1 aromatic carbocycles. The molecule has 104 valence electrons. The average Bonchev–Trinajstić information content (AvgIpc) is 2.63. The third-order valence-electron chi connectivity index (χ3n) is 3.49. The lowest BCUT2D eigenvalue weighted by atomic mass is 10.1. The number of benzene rings is 1. The second-order valence-electron chi connectivity index (χ2n) is 4.87. The summed E-state index contributed by atoms with van der Waals surface area (Å²) >= 11 is 0. The monoisotopic (exact) mass is 265 g/mol. The highest BCUT2D eigenvalue weighted by atomic mass is 19.1. The second kappa shape index (κ2) is 6.52. The topological polar surface area (TPSA) is 58.4 Å². The lowest BCUT2D eigenvalue weighted by Crippen LogP contribution is -2.46. The number of carbonyl (C=O) groups is 1. The Morgan fingerprint density at radius 1 is 1.42 bits per heavy atom. The Labute approximate surface area is 112 Å². The van der Waals surface area contributed by atoms with Crippen molar-refractivity contribution in [3.63, 3.8) is 0 Å². The molecule has 5 heteroatoms. The standard InChI is InChI=1S/C14H20FN3O/c15-11-5-4-6-12(9-11)17-14(19)18-8-3-1-2-7-13(18)10-16/h4-6,9,13H,1-3,7-8,10,16H2,(H,17,19). The van der Waals surface area contributed by atoms with Crippen molar-refractivity contribution in [1.29, 1.82) is 0 Å². The number of hydrogen-bond donors (Lipinski definition) is 2. The number of anilines is 1. The van der Waals surface area contributed by atoms with E-state index < -0.39 is 0 Å². The molecule has 1 saturated heterocycles. The van der Waals surface area contributed by atoms with Crippen LogP contribution < -0.4 is 11.1 Å². The molecule has 0 bridgehead atoms. The molecular weight excluding hydrogens is 245 g/mol. The van der Waals surface area contributed by atoms with E-state index in [9.17, 15) is 9.18 Å². The second-order valence-corrected chi connectivity index (χ2v) is 4.87. The van der Waals surface area contributed by atoms with Gasteiger partial charge in [0.2, 0.25) is 0 Å². The van der Waals surface area contributed by atoms with Crippen LogP contribution in [0.1, 0.15) is 25.7 Å². The van der Waals surface area contributed by atoms with E-state index in [1.165, 1.54) is 12.1 Å². The van der Waals surface area contributed by atoms with Crippen LogP contribution in [0.5, 0.6) is 0 Å². The fourth-order valence-electron chi connectivity index (χ4n) is 2.45. The van der Waals surface area contributed by atoms with Crippen molar-refractivity contribution in [3.05, 3.63) is 30.1 Å². The Morgan fingerprint density at radius 3 is 3.00 bits per heavy atom. The molecule has 19 heavy (non-hydrogen) atoms. The maximum atomic E-state index is 13.1. The summed E-state index contributed by atoms with van der Waals surface area (Å²) in [4.78, 5) is 14.0. The Morgan fingerprint density at radius 2 is 2.26 bits per heavy atom. The van der Waals surface area contributed by atoms with Crippen molar-refractivity contribution in [2.75, 3.05) is 18.4 Å². The van der Waals surface area contributed by atoms with Crippen LogP contribution in [0.3, 0.4) is 0 Å². The first-order valence-corrected chi connectivity index (χ1v) is 6.74. The molecule has 0 saturated carbocycles. The molecule has 0 radical (unpaired) electrons. The van der Waals surface area contributed by atoms with E-state index in [0.717, 1.165) is 25.7 Å². The summed E-state index contributed by atoms with van der Waals surface area (Å²) in [6, 6.07) is 5.81. The van der Waals surface area contributed by atoms with Gasteiger partial charge in [-0.1, -0.05) is 18.9 Å². The molecule has 1 heterocycles. The summed E-state index contributed by atoms with van der Waals surface area (Å²) in [6.45, 7) is 1.18. The Kier molecular flexibility index (Phi) is 4.74. The number of hydrogen-bond acceptors (Lipinski definition) is 2. The molecule has 0 aromatic heterocycles. The summed E-state index contributed by atoms with van der Waals surface area (Å²) in [7, 11) is 0. The molecule has 2 rings (SSSR count). The van der Waals surface area contributed by atoms with E-state index in [0.29, 0.717) is 18.8 Å². The minimum atomic E-state index is -0.357. The fraction of sp³-hybridized carbons (Fsp3) is 0.500. The van der Waals surface area contributed by atoms with Gasteiger partial charge in [0, 0.05) is 24.8 Å². The molecule has 1 aliphatic rings. The van der Waals surface area contributed by atoms with Gasteiger partial charge in [0.25, 0.3) is 0 Å². The largest absolute Gasteiger partial charge is 0.328 e. The van der Waals surface area contributed by atoms with Crippen LogP contribution in [0.4, 0.5) is 14.9 Å². The number of urea groups is 1. The molecule has 3 N–H and O–H groups in total. The van der Waals surface area contributed by atoms with Gasteiger partial charge in [-0.25, -0.2) is 9.18 Å². The van der Waals surface area contributed by atoms with E-state index in [1.807, 2.05) is 0 Å². The Balaban J connectivity index is 2.04. The Bertz CT molecular complexity index is 438. The number of nitrogens with one attached hydrogen (secondary N) is 1. The van der Waals surface area contributed by atoms with Gasteiger partial charge in [-0.05, 0) is 31.0 Å². The lowest BCUT2D eigenvalue weighted by molar-refractivity contribution is 0.191. The minimum absolute atomic E-state index is 0.0797. The number of nitrogens with two attached hydrogens (primary N) is 1. The number of halogens is 1. The maximum absolute atomic E-state index is 13.1. The predicted molar refractivity (Wildman–Crippen MR) is 73.4 cm³/mol. The summed E-state index contributed by atoms with van der Waals surface area (Å²) in [5.74, 6) is -0.357. The number of nitrogens with zero attached hydrogens (tertiary/aromatic N) is 1. The average molecular weight is 265 g/mol. The van der Waals surface area contributed by atoms with E-state index in [4.69, 9.17) is 5.73 Å². The van der Waals surface area contributed by atoms with Crippen molar-refractivity contribution in [2.45, 2.75) is 31.7 Å². The highest BCUT2D eigenvalue weighted by molar-refractivity contribution is 5.89. The molecule has 1 unspecified atom stereocenters.